The second-order valence-corrected chi connectivity index (χ2v) is 29.1. The first kappa shape index (κ1) is 68.5. The number of aromatic nitrogens is 14. The summed E-state index contributed by atoms with van der Waals surface area (Å²) in [5, 5.41) is 8.29. The minimum Gasteiger partial charge on any atom is -0.308 e. The molecule has 0 N–H and O–H groups in total. The molecule has 0 spiro atoms. The van der Waals surface area contributed by atoms with Crippen LogP contribution in [0.15, 0.2) is 388 Å². The Morgan fingerprint density at radius 1 is 0.153 bits per heavy atom. The van der Waals surface area contributed by atoms with Gasteiger partial charge in [-0.3, -0.25) is 4.57 Å². The number of rotatable bonds is 15. The van der Waals surface area contributed by atoms with Gasteiger partial charge in [-0.05, 0) is 92.8 Å². The molecule has 0 atom stereocenters. The molecule has 22 rings (SSSR count). The summed E-state index contributed by atoms with van der Waals surface area (Å²) in [7, 11) is 0. The summed E-state index contributed by atoms with van der Waals surface area (Å²) in [4.78, 5) is 63.9. The first-order valence-corrected chi connectivity index (χ1v) is 39.2. The average molecular weight is 1510 g/mol. The summed E-state index contributed by atoms with van der Waals surface area (Å²) in [5.74, 6) is 6.52. The first-order valence-electron chi connectivity index (χ1n) is 39.2. The van der Waals surface area contributed by atoms with Gasteiger partial charge in [-0.25, -0.2) is 49.8 Å². The van der Waals surface area contributed by atoms with Crippen molar-refractivity contribution in [3.63, 3.8) is 0 Å². The lowest BCUT2D eigenvalue weighted by atomic mass is 9.93. The first-order chi connectivity index (χ1) is 58.5. The smallest absolute Gasteiger partial charge is 0.238 e. The fourth-order valence-corrected chi connectivity index (χ4v) is 16.3. The monoisotopic (exact) mass is 1510 g/mol. The van der Waals surface area contributed by atoms with Crippen molar-refractivity contribution < 1.29 is 0 Å². The van der Waals surface area contributed by atoms with Gasteiger partial charge in [0.2, 0.25) is 5.95 Å². The molecule has 0 fully saturated rings. The molecule has 0 saturated heterocycles. The molecule has 0 aliphatic rings. The highest BCUT2D eigenvalue weighted by Gasteiger charge is 2.28. The predicted molar refractivity (Wildman–Crippen MR) is 474 cm³/mol. The van der Waals surface area contributed by atoms with Gasteiger partial charge in [-0.15, -0.1) is 0 Å². The number of para-hydroxylation sites is 1. The highest BCUT2D eigenvalue weighted by molar-refractivity contribution is 6.23. The van der Waals surface area contributed by atoms with Crippen LogP contribution in [-0.2, 0) is 0 Å². The standard InChI is InChI=1S/C104H64N14/c1-8-31-65(32-9-1)93-105-94(66-33-10-2-11-34-66)108-101(107-93)78-50-29-48-76(60-78)89-81-53-24-22-45-74(81)64-86-84-62-73(57-58-88(84)118(91(86)89)104-115-98(70-41-18-6-19-42-70)111-99(116-104)71-43-20-7-21-44-71)72-47-28-49-77(59-72)100-109-95(67-35-12-3-13-36-67)110-102(112-100)79-51-30-52-80(61-79)117-87-56-27-26-55-83(87)85-63-75-46-23-25-54-82(75)90(92(85)117)103-113-96(68-37-14-4-15-38-68)106-97(114-103)69-39-16-5-17-40-69/h1-64H. The molecule has 0 unspecified atom stereocenters. The maximum atomic E-state index is 5.49. The molecule has 118 heavy (non-hydrogen) atoms. The normalized spacial score (nSPS) is 11.6. The third-order valence-electron chi connectivity index (χ3n) is 21.9. The zero-order valence-electron chi connectivity index (χ0n) is 63.2. The van der Waals surface area contributed by atoms with Crippen molar-refractivity contribution in [2.45, 2.75) is 0 Å². The van der Waals surface area contributed by atoms with E-state index >= 15 is 0 Å². The summed E-state index contributed by atoms with van der Waals surface area (Å²) in [6.07, 6.45) is 0. The van der Waals surface area contributed by atoms with Crippen molar-refractivity contribution in [2.75, 3.05) is 0 Å². The van der Waals surface area contributed by atoms with Crippen LogP contribution in [0.2, 0.25) is 0 Å². The Labute approximate surface area is 677 Å². The van der Waals surface area contributed by atoms with Crippen molar-refractivity contribution in [3.05, 3.63) is 388 Å². The van der Waals surface area contributed by atoms with E-state index in [1.54, 1.807) is 0 Å². The molecule has 6 heterocycles. The summed E-state index contributed by atoms with van der Waals surface area (Å²) in [5.41, 5.74) is 18.0. The Hall–Kier alpha value is -16.3. The van der Waals surface area contributed by atoms with Gasteiger partial charge in [0.05, 0.1) is 27.6 Å². The van der Waals surface area contributed by atoms with Crippen LogP contribution in [0.4, 0.5) is 0 Å². The molecule has 14 nitrogen and oxygen atoms in total. The minimum absolute atomic E-state index is 0.459. The average Bonchev–Trinajstić information content (AvgIpc) is 1.55. The van der Waals surface area contributed by atoms with E-state index in [1.807, 2.05) is 212 Å². The van der Waals surface area contributed by atoms with Gasteiger partial charge in [-0.2, -0.15) is 9.97 Å². The van der Waals surface area contributed by atoms with E-state index in [0.717, 1.165) is 154 Å². The van der Waals surface area contributed by atoms with E-state index < -0.39 is 0 Å². The number of nitrogens with zero attached hydrogens (tertiary/aromatic N) is 14. The topological polar surface area (TPSA) is 165 Å². The Morgan fingerprint density at radius 2 is 0.449 bits per heavy atom. The third-order valence-corrected chi connectivity index (χ3v) is 21.9. The van der Waals surface area contributed by atoms with Crippen LogP contribution in [0.5, 0.6) is 0 Å². The van der Waals surface area contributed by atoms with Crippen LogP contribution < -0.4 is 0 Å². The maximum Gasteiger partial charge on any atom is 0.238 e. The molecular weight excluding hydrogens is 1450 g/mol. The Bertz CT molecular complexity index is 7480. The molecule has 550 valence electrons. The van der Waals surface area contributed by atoms with Crippen LogP contribution in [0.3, 0.4) is 0 Å². The third kappa shape index (κ3) is 12.4. The van der Waals surface area contributed by atoms with Crippen molar-refractivity contribution >= 4 is 65.2 Å². The van der Waals surface area contributed by atoms with Gasteiger partial charge in [0, 0.05) is 88.4 Å². The van der Waals surface area contributed by atoms with Crippen molar-refractivity contribution in [2.24, 2.45) is 0 Å². The van der Waals surface area contributed by atoms with Crippen molar-refractivity contribution in [1.82, 2.24) is 68.9 Å². The molecule has 14 heteroatoms. The molecule has 0 saturated carbocycles. The molecular formula is C104H64N14. The van der Waals surface area contributed by atoms with Gasteiger partial charge < -0.3 is 4.57 Å². The number of hydrogen-bond donors (Lipinski definition) is 0. The lowest BCUT2D eigenvalue weighted by molar-refractivity contribution is 0.954. The van der Waals surface area contributed by atoms with Crippen molar-refractivity contribution in [3.8, 4) is 159 Å². The molecule has 0 radical (unpaired) electrons. The van der Waals surface area contributed by atoms with Gasteiger partial charge >= 0.3 is 0 Å². The summed E-state index contributed by atoms with van der Waals surface area (Å²) in [6, 6.07) is 133. The second-order valence-electron chi connectivity index (χ2n) is 29.1. The molecule has 22 aromatic rings. The SMILES string of the molecule is c1ccc(-c2nc(-c3ccccc3)nc(-c3cccc(-c4c5ccccc5cc5c6cc(-c7cccc(-c8nc(-c9ccccc9)nc(-c9cccc(-n%10c%11ccccc%11c%11cc%12ccccc%12c(-c%12nc(-c%13ccccc%13)nc(-c%13ccccc%13)n%12)c%11%10)c9)n8)c7)ccc6n(-c6nc(-c7ccccc7)nc(-c7ccccc7)n6)c45)c3)n2)cc1. The molecule has 0 bridgehead atoms. The fourth-order valence-electron chi connectivity index (χ4n) is 16.3. The van der Waals surface area contributed by atoms with Gasteiger partial charge in [-0.1, -0.05) is 334 Å². The van der Waals surface area contributed by atoms with Crippen LogP contribution in [0.25, 0.3) is 224 Å². The van der Waals surface area contributed by atoms with E-state index in [2.05, 4.69) is 185 Å². The maximum absolute atomic E-state index is 5.49. The molecule has 0 amide bonds. The molecule has 0 aliphatic carbocycles. The second kappa shape index (κ2) is 29.0. The van der Waals surface area contributed by atoms with Gasteiger partial charge in [0.15, 0.2) is 64.1 Å². The zero-order valence-corrected chi connectivity index (χ0v) is 63.2. The predicted octanol–water partition coefficient (Wildman–Crippen LogP) is 24.6. The van der Waals surface area contributed by atoms with E-state index in [1.165, 1.54) is 0 Å². The van der Waals surface area contributed by atoms with Crippen LogP contribution in [-0.4, -0.2) is 68.9 Å². The lowest BCUT2D eigenvalue weighted by Gasteiger charge is -2.16. The Kier molecular flexibility index (Phi) is 16.8. The van der Waals surface area contributed by atoms with E-state index in [9.17, 15) is 0 Å². The highest BCUT2D eigenvalue weighted by Crippen LogP contribution is 2.47. The minimum atomic E-state index is 0.459. The van der Waals surface area contributed by atoms with E-state index in [4.69, 9.17) is 59.8 Å². The Morgan fingerprint density at radius 3 is 0.898 bits per heavy atom. The van der Waals surface area contributed by atoms with Crippen LogP contribution >= 0.6 is 0 Å². The quantitative estimate of drug-likeness (QED) is 0.0955. The van der Waals surface area contributed by atoms with Gasteiger partial charge in [0.25, 0.3) is 0 Å². The highest BCUT2D eigenvalue weighted by atomic mass is 15.2. The van der Waals surface area contributed by atoms with Crippen LogP contribution in [0, 0.1) is 0 Å². The Balaban J connectivity index is 0.718. The largest absolute Gasteiger partial charge is 0.308 e. The summed E-state index contributed by atoms with van der Waals surface area (Å²) >= 11 is 0. The zero-order chi connectivity index (χ0) is 78.0. The van der Waals surface area contributed by atoms with Crippen molar-refractivity contribution in [1.29, 1.82) is 0 Å². The number of fused-ring (bicyclic) bond motifs is 8. The molecule has 0 aliphatic heterocycles. The fraction of sp³-hybridized carbons (Fsp3) is 0. The lowest BCUT2D eigenvalue weighted by Crippen LogP contribution is -2.07. The molecule has 6 aromatic heterocycles. The van der Waals surface area contributed by atoms with E-state index in [-0.39, 0.29) is 0 Å². The van der Waals surface area contributed by atoms with Crippen LogP contribution in [0.1, 0.15) is 0 Å². The summed E-state index contributed by atoms with van der Waals surface area (Å²) in [6.45, 7) is 0. The number of hydrogen-bond acceptors (Lipinski definition) is 12. The van der Waals surface area contributed by atoms with Gasteiger partial charge in [0.1, 0.15) is 0 Å². The summed E-state index contributed by atoms with van der Waals surface area (Å²) < 4.78 is 4.58. The number of benzene rings is 16. The van der Waals surface area contributed by atoms with E-state index in [0.29, 0.717) is 70.0 Å². The molecule has 16 aromatic carbocycles.